The van der Waals surface area contributed by atoms with Gasteiger partial charge in [-0.2, -0.15) is 0 Å². The van der Waals surface area contributed by atoms with Crippen molar-refractivity contribution in [3.8, 4) is 10.0 Å². The Hall–Kier alpha value is -2.32. The highest BCUT2D eigenvalue weighted by molar-refractivity contribution is 7.22. The predicted octanol–water partition coefficient (Wildman–Crippen LogP) is 5.60. The Morgan fingerprint density at radius 1 is 0.800 bits per heavy atom. The van der Waals surface area contributed by atoms with Crippen LogP contribution in [0.3, 0.4) is 0 Å². The van der Waals surface area contributed by atoms with Crippen LogP contribution in [-0.4, -0.2) is 35.1 Å². The van der Waals surface area contributed by atoms with Gasteiger partial charge in [0.25, 0.3) is 0 Å². The molecule has 0 fully saturated rings. The fourth-order valence-electron chi connectivity index (χ4n) is 2.33. The number of thiazole rings is 2. The van der Waals surface area contributed by atoms with Crippen LogP contribution >= 0.6 is 22.7 Å². The smallest absolute Gasteiger partial charge is 0.330 e. The SMILES string of the molecule is CCCCOC(=O)/C=C/c1sc(-c2nc(C)c(/C=C/C(=O)OCCCC)s2)nc1C. The largest absolute Gasteiger partial charge is 0.463 e. The zero-order valence-electron chi connectivity index (χ0n) is 17.9. The van der Waals surface area contributed by atoms with Crippen molar-refractivity contribution < 1.29 is 19.1 Å². The van der Waals surface area contributed by atoms with Gasteiger partial charge < -0.3 is 9.47 Å². The molecule has 0 bridgehead atoms. The quantitative estimate of drug-likeness (QED) is 0.253. The number of carbonyl (C=O) groups is 2. The second kappa shape index (κ2) is 12.4. The fraction of sp³-hybridized carbons (Fsp3) is 0.455. The van der Waals surface area contributed by atoms with Crippen LogP contribution in [0.2, 0.25) is 0 Å². The van der Waals surface area contributed by atoms with Gasteiger partial charge in [-0.25, -0.2) is 19.6 Å². The molecule has 0 N–H and O–H groups in total. The molecule has 0 aliphatic carbocycles. The number of hydrogen-bond donors (Lipinski definition) is 0. The van der Waals surface area contributed by atoms with Crippen LogP contribution in [0.25, 0.3) is 22.2 Å². The van der Waals surface area contributed by atoms with Crippen LogP contribution in [0.1, 0.15) is 60.7 Å². The molecule has 0 spiro atoms. The van der Waals surface area contributed by atoms with E-state index in [-0.39, 0.29) is 11.9 Å². The van der Waals surface area contributed by atoms with Gasteiger partial charge in [0.05, 0.1) is 34.4 Å². The summed E-state index contributed by atoms with van der Waals surface area (Å²) < 4.78 is 10.3. The van der Waals surface area contributed by atoms with E-state index in [1.54, 1.807) is 12.2 Å². The summed E-state index contributed by atoms with van der Waals surface area (Å²) in [6.45, 7) is 8.77. The molecule has 0 aliphatic heterocycles. The van der Waals surface area contributed by atoms with Crippen LogP contribution in [0.15, 0.2) is 12.2 Å². The number of hydrogen-bond acceptors (Lipinski definition) is 8. The van der Waals surface area contributed by atoms with Crippen LogP contribution < -0.4 is 0 Å². The minimum Gasteiger partial charge on any atom is -0.463 e. The van der Waals surface area contributed by atoms with Crippen LogP contribution in [0.4, 0.5) is 0 Å². The van der Waals surface area contributed by atoms with E-state index in [0.29, 0.717) is 13.2 Å². The molecule has 30 heavy (non-hydrogen) atoms. The Kier molecular flexibility index (Phi) is 9.89. The third-order valence-electron chi connectivity index (χ3n) is 4.07. The Morgan fingerprint density at radius 3 is 1.57 bits per heavy atom. The predicted molar refractivity (Wildman–Crippen MR) is 122 cm³/mol. The summed E-state index contributed by atoms with van der Waals surface area (Å²) in [5.41, 5.74) is 1.66. The Balaban J connectivity index is 2.05. The molecule has 2 aromatic rings. The van der Waals surface area contributed by atoms with E-state index in [1.165, 1.54) is 34.8 Å². The van der Waals surface area contributed by atoms with Gasteiger partial charge in [0, 0.05) is 12.2 Å². The average molecular weight is 449 g/mol. The van der Waals surface area contributed by atoms with Crippen LogP contribution in [0.5, 0.6) is 0 Å². The van der Waals surface area contributed by atoms with Gasteiger partial charge in [0.1, 0.15) is 0 Å². The molecule has 162 valence electrons. The lowest BCUT2D eigenvalue weighted by Gasteiger charge is -1.98. The average Bonchev–Trinajstić information content (AvgIpc) is 3.27. The highest BCUT2D eigenvalue weighted by Gasteiger charge is 2.14. The zero-order valence-corrected chi connectivity index (χ0v) is 19.5. The van der Waals surface area contributed by atoms with Gasteiger partial charge in [-0.15, -0.1) is 22.7 Å². The van der Waals surface area contributed by atoms with Crippen LogP contribution in [0, 0.1) is 13.8 Å². The molecule has 2 aromatic heterocycles. The maximum absolute atomic E-state index is 11.8. The summed E-state index contributed by atoms with van der Waals surface area (Å²) >= 11 is 2.94. The molecule has 0 unspecified atom stereocenters. The second-order valence-electron chi connectivity index (χ2n) is 6.65. The van der Waals surface area contributed by atoms with Crippen molar-refractivity contribution >= 4 is 46.8 Å². The first-order valence-electron chi connectivity index (χ1n) is 10.1. The number of esters is 2. The molecule has 8 heteroatoms. The molecule has 0 amide bonds. The minimum absolute atomic E-state index is 0.346. The summed E-state index contributed by atoms with van der Waals surface area (Å²) in [6.07, 6.45) is 10.0. The number of aromatic nitrogens is 2. The lowest BCUT2D eigenvalue weighted by atomic mass is 10.3. The van der Waals surface area contributed by atoms with Gasteiger partial charge in [0.15, 0.2) is 10.0 Å². The maximum Gasteiger partial charge on any atom is 0.330 e. The fourth-order valence-corrected chi connectivity index (χ4v) is 4.28. The topological polar surface area (TPSA) is 78.4 Å². The van der Waals surface area contributed by atoms with Crippen molar-refractivity contribution in [2.45, 2.75) is 53.4 Å². The van der Waals surface area contributed by atoms with Crippen molar-refractivity contribution in [2.75, 3.05) is 13.2 Å². The maximum atomic E-state index is 11.8. The minimum atomic E-state index is -0.346. The van der Waals surface area contributed by atoms with E-state index < -0.39 is 0 Å². The third kappa shape index (κ3) is 7.50. The monoisotopic (exact) mass is 448 g/mol. The first-order chi connectivity index (χ1) is 14.4. The molecule has 0 aromatic carbocycles. The molecule has 2 rings (SSSR count). The lowest BCUT2D eigenvalue weighted by Crippen LogP contribution is -2.01. The molecule has 6 nitrogen and oxygen atoms in total. The van der Waals surface area contributed by atoms with Crippen molar-refractivity contribution in [1.29, 1.82) is 0 Å². The van der Waals surface area contributed by atoms with Crippen molar-refractivity contribution in [3.05, 3.63) is 33.3 Å². The summed E-state index contributed by atoms with van der Waals surface area (Å²) in [5, 5.41) is 1.56. The molecule has 0 aliphatic rings. The van der Waals surface area contributed by atoms with E-state index in [2.05, 4.69) is 9.97 Å². The number of aryl methyl sites for hydroxylation is 2. The normalized spacial score (nSPS) is 11.5. The number of carbonyl (C=O) groups excluding carboxylic acids is 2. The van der Waals surface area contributed by atoms with Gasteiger partial charge >= 0.3 is 11.9 Å². The first-order valence-corrected chi connectivity index (χ1v) is 11.7. The molecule has 0 radical (unpaired) electrons. The number of nitrogens with zero attached hydrogens (tertiary/aromatic N) is 2. The zero-order chi connectivity index (χ0) is 21.9. The highest BCUT2D eigenvalue weighted by Crippen LogP contribution is 2.33. The number of ether oxygens (including phenoxy) is 2. The summed E-state index contributed by atoms with van der Waals surface area (Å²) in [7, 11) is 0. The summed E-state index contributed by atoms with van der Waals surface area (Å²) in [6, 6.07) is 0. The van der Waals surface area contributed by atoms with Gasteiger partial charge in [-0.3, -0.25) is 0 Å². The van der Waals surface area contributed by atoms with Gasteiger partial charge in [-0.1, -0.05) is 26.7 Å². The van der Waals surface area contributed by atoms with E-state index >= 15 is 0 Å². The Morgan fingerprint density at radius 2 is 1.20 bits per heavy atom. The first kappa shape index (κ1) is 24.0. The molecule has 0 saturated carbocycles. The molecule has 2 heterocycles. The Labute approximate surface area is 185 Å². The van der Waals surface area contributed by atoms with Crippen LogP contribution in [-0.2, 0) is 19.1 Å². The third-order valence-corrected chi connectivity index (χ3v) is 6.46. The van der Waals surface area contributed by atoms with E-state index in [1.807, 2.05) is 27.7 Å². The molecule has 0 atom stereocenters. The van der Waals surface area contributed by atoms with Gasteiger partial charge in [0.2, 0.25) is 0 Å². The van der Waals surface area contributed by atoms with E-state index in [4.69, 9.17) is 9.47 Å². The van der Waals surface area contributed by atoms with E-state index in [9.17, 15) is 9.59 Å². The highest BCUT2D eigenvalue weighted by atomic mass is 32.1. The van der Waals surface area contributed by atoms with Crippen molar-refractivity contribution in [3.63, 3.8) is 0 Å². The molecular weight excluding hydrogens is 420 g/mol. The molecule has 0 saturated heterocycles. The summed E-state index contributed by atoms with van der Waals surface area (Å²) in [5.74, 6) is -0.692. The van der Waals surface area contributed by atoms with Crippen molar-refractivity contribution in [2.24, 2.45) is 0 Å². The van der Waals surface area contributed by atoms with E-state index in [0.717, 1.165) is 56.8 Å². The Bertz CT molecular complexity index is 838. The molecular formula is C22H28N2O4S2. The number of unbranched alkanes of at least 4 members (excludes halogenated alkanes) is 2. The van der Waals surface area contributed by atoms with Gasteiger partial charge in [-0.05, 0) is 38.8 Å². The lowest BCUT2D eigenvalue weighted by molar-refractivity contribution is -0.138. The number of rotatable bonds is 11. The standard InChI is InChI=1S/C22H28N2O4S2/c1-5-7-13-27-19(25)11-9-17-15(3)23-21(29-17)22-24-16(4)18(30-22)10-12-20(26)28-14-8-6-2/h9-12H,5-8,13-14H2,1-4H3/b11-9+,12-10+. The van der Waals surface area contributed by atoms with Crippen molar-refractivity contribution in [1.82, 2.24) is 9.97 Å². The second-order valence-corrected chi connectivity index (χ2v) is 8.71. The summed E-state index contributed by atoms with van der Waals surface area (Å²) in [4.78, 5) is 34.5.